The van der Waals surface area contributed by atoms with Gasteiger partial charge in [-0.05, 0) is 12.1 Å². The Bertz CT molecular complexity index is 723. The van der Waals surface area contributed by atoms with Crippen LogP contribution in [0.1, 0.15) is 30.5 Å². The molecule has 2 heterocycles. The van der Waals surface area contributed by atoms with E-state index in [-0.39, 0.29) is 0 Å². The summed E-state index contributed by atoms with van der Waals surface area (Å²) in [5.41, 5.74) is 0.798. The minimum Gasteiger partial charge on any atom is -0.285 e. The number of fused-ring (bicyclic) bond motifs is 3. The molecule has 0 bridgehead atoms. The highest BCUT2D eigenvalue weighted by atomic mass is 32.1. The van der Waals surface area contributed by atoms with E-state index in [2.05, 4.69) is 11.8 Å². The van der Waals surface area contributed by atoms with E-state index >= 15 is 0 Å². The number of rotatable bonds is 0. The number of terminal acetylenes is 2. The summed E-state index contributed by atoms with van der Waals surface area (Å²) in [6.45, 7) is 0. The zero-order valence-corrected chi connectivity index (χ0v) is 10.6. The van der Waals surface area contributed by atoms with Gasteiger partial charge in [0.1, 0.15) is 0 Å². The van der Waals surface area contributed by atoms with Gasteiger partial charge < -0.3 is 0 Å². The van der Waals surface area contributed by atoms with E-state index in [1.54, 1.807) is 12.1 Å². The van der Waals surface area contributed by atoms with Gasteiger partial charge in [-0.25, -0.2) is 0 Å². The van der Waals surface area contributed by atoms with E-state index in [1.165, 1.54) is 22.7 Å². The fraction of sp³-hybridized carbons (Fsp3) is 0. The van der Waals surface area contributed by atoms with Crippen molar-refractivity contribution < 1.29 is 9.59 Å². The molecule has 0 aromatic carbocycles. The van der Waals surface area contributed by atoms with Crippen molar-refractivity contribution >= 4 is 34.2 Å². The molecular formula is C14H4O2S2. The van der Waals surface area contributed by atoms with Crippen LogP contribution in [0.2, 0.25) is 0 Å². The second-order valence-electron chi connectivity index (χ2n) is 3.65. The van der Waals surface area contributed by atoms with Crippen LogP contribution in [0.15, 0.2) is 12.1 Å². The van der Waals surface area contributed by atoms with Crippen molar-refractivity contribution in [2.45, 2.75) is 0 Å². The van der Waals surface area contributed by atoms with E-state index < -0.39 is 11.6 Å². The van der Waals surface area contributed by atoms with E-state index in [4.69, 9.17) is 12.8 Å². The lowest BCUT2D eigenvalue weighted by Crippen LogP contribution is -2.18. The summed E-state index contributed by atoms with van der Waals surface area (Å²) in [4.78, 5) is 26.7. The second kappa shape index (κ2) is 3.68. The fourth-order valence-electron chi connectivity index (χ4n) is 1.84. The molecule has 2 nitrogen and oxygen atoms in total. The van der Waals surface area contributed by atoms with Crippen LogP contribution in [0.5, 0.6) is 0 Å². The minimum absolute atomic E-state index is 0.399. The minimum atomic E-state index is -0.503. The van der Waals surface area contributed by atoms with Crippen molar-refractivity contribution in [3.05, 3.63) is 33.0 Å². The average molecular weight is 268 g/mol. The smallest absolute Gasteiger partial charge is 0.235 e. The number of Topliss-reactive ketones (excluding diaryl/α,β-unsaturated/α-hetero) is 2. The van der Waals surface area contributed by atoms with Crippen molar-refractivity contribution in [2.24, 2.45) is 0 Å². The van der Waals surface area contributed by atoms with Crippen molar-refractivity contribution in [1.29, 1.82) is 0 Å². The number of carbonyl (C=O) groups is 2. The van der Waals surface area contributed by atoms with Gasteiger partial charge in [-0.15, -0.1) is 35.5 Å². The Morgan fingerprint density at radius 2 is 1.22 bits per heavy atom. The summed E-state index contributed by atoms with van der Waals surface area (Å²) in [7, 11) is 0. The molecular weight excluding hydrogens is 264 g/mol. The lowest BCUT2D eigenvalue weighted by atomic mass is 9.95. The highest BCUT2D eigenvalue weighted by molar-refractivity contribution is 7.23. The normalized spacial score (nSPS) is 12.6. The molecule has 2 aromatic heterocycles. The molecule has 0 saturated carbocycles. The van der Waals surface area contributed by atoms with Crippen LogP contribution in [0, 0.1) is 24.7 Å². The molecule has 0 N–H and O–H groups in total. The number of hydrogen-bond acceptors (Lipinski definition) is 4. The second-order valence-corrected chi connectivity index (χ2v) is 5.76. The van der Waals surface area contributed by atoms with Gasteiger partial charge in [0.15, 0.2) is 0 Å². The summed E-state index contributed by atoms with van der Waals surface area (Å²) >= 11 is 2.68. The van der Waals surface area contributed by atoms with E-state index in [1.807, 2.05) is 0 Å². The number of thiophene rings is 2. The summed E-state index contributed by atoms with van der Waals surface area (Å²) in [6, 6.07) is 3.19. The molecule has 0 atom stereocenters. The third-order valence-electron chi connectivity index (χ3n) is 2.65. The van der Waals surface area contributed by atoms with Crippen LogP contribution >= 0.6 is 22.7 Å². The molecule has 84 valence electrons. The van der Waals surface area contributed by atoms with Crippen molar-refractivity contribution in [2.75, 3.05) is 0 Å². The van der Waals surface area contributed by atoms with Gasteiger partial charge in [0.25, 0.3) is 0 Å². The van der Waals surface area contributed by atoms with Crippen molar-refractivity contribution in [3.63, 3.8) is 0 Å². The first kappa shape index (κ1) is 11.0. The Kier molecular flexibility index (Phi) is 2.24. The highest BCUT2D eigenvalue weighted by Crippen LogP contribution is 2.43. The van der Waals surface area contributed by atoms with Crippen LogP contribution < -0.4 is 0 Å². The summed E-state index contributed by atoms with van der Waals surface area (Å²) in [5.74, 6) is 3.97. The molecule has 1 aliphatic rings. The maximum absolute atomic E-state index is 11.9. The van der Waals surface area contributed by atoms with Crippen LogP contribution in [-0.4, -0.2) is 11.6 Å². The third-order valence-corrected chi connectivity index (χ3v) is 4.95. The number of hydrogen-bond donors (Lipinski definition) is 0. The van der Waals surface area contributed by atoms with Gasteiger partial charge in [-0.3, -0.25) is 9.59 Å². The molecule has 2 aromatic rings. The Hall–Kier alpha value is -2.14. The zero-order chi connectivity index (χ0) is 12.9. The first-order chi connectivity index (χ1) is 8.65. The first-order valence-corrected chi connectivity index (χ1v) is 6.59. The number of carbonyl (C=O) groups excluding carboxylic acids is 2. The van der Waals surface area contributed by atoms with Crippen LogP contribution in [0.25, 0.3) is 9.75 Å². The molecule has 0 aliphatic heterocycles. The standard InChI is InChI=1S/C14H4O2S2/c1-3-7-5-9-11(15)12(16)10-6-8(4-2)18-14(10)13(9)17-7/h1-2,5-6H. The molecule has 18 heavy (non-hydrogen) atoms. The largest absolute Gasteiger partial charge is 0.285 e. The third kappa shape index (κ3) is 1.31. The monoisotopic (exact) mass is 268 g/mol. The molecule has 1 aliphatic carbocycles. The highest BCUT2D eigenvalue weighted by Gasteiger charge is 2.34. The van der Waals surface area contributed by atoms with E-state index in [0.29, 0.717) is 20.9 Å². The van der Waals surface area contributed by atoms with E-state index in [9.17, 15) is 9.59 Å². The zero-order valence-electron chi connectivity index (χ0n) is 8.94. The maximum atomic E-state index is 11.9. The molecule has 0 radical (unpaired) electrons. The van der Waals surface area contributed by atoms with Crippen molar-refractivity contribution in [3.8, 4) is 34.4 Å². The van der Waals surface area contributed by atoms with Gasteiger partial charge in [0.2, 0.25) is 11.6 Å². The molecule has 0 spiro atoms. The number of ketones is 2. The van der Waals surface area contributed by atoms with Gasteiger partial charge in [-0.1, -0.05) is 11.8 Å². The van der Waals surface area contributed by atoms with Crippen LogP contribution in [0.3, 0.4) is 0 Å². The Morgan fingerprint density at radius 1 is 0.833 bits per heavy atom. The fourth-order valence-corrected chi connectivity index (χ4v) is 3.93. The van der Waals surface area contributed by atoms with Gasteiger partial charge in [-0.2, -0.15) is 0 Å². The van der Waals surface area contributed by atoms with Crippen LogP contribution in [-0.2, 0) is 0 Å². The van der Waals surface area contributed by atoms with Crippen molar-refractivity contribution in [1.82, 2.24) is 0 Å². The van der Waals surface area contributed by atoms with Gasteiger partial charge >= 0.3 is 0 Å². The Labute approximate surface area is 111 Å². The quantitative estimate of drug-likeness (QED) is 0.544. The average Bonchev–Trinajstić information content (AvgIpc) is 2.99. The molecule has 0 saturated heterocycles. The van der Waals surface area contributed by atoms with Gasteiger partial charge in [0, 0.05) is 11.1 Å². The predicted octanol–water partition coefficient (Wildman–Crippen LogP) is 2.82. The maximum Gasteiger partial charge on any atom is 0.235 e. The molecule has 0 amide bonds. The predicted molar refractivity (Wildman–Crippen MR) is 72.2 cm³/mol. The topological polar surface area (TPSA) is 34.1 Å². The van der Waals surface area contributed by atoms with E-state index in [0.717, 1.165) is 9.75 Å². The lowest BCUT2D eigenvalue weighted by molar-refractivity contribution is 0.0816. The lowest BCUT2D eigenvalue weighted by Gasteiger charge is -2.08. The molecule has 0 fully saturated rings. The molecule has 3 rings (SSSR count). The summed E-state index contributed by atoms with van der Waals surface area (Å²) < 4.78 is 0. The molecule has 0 unspecified atom stereocenters. The summed E-state index contributed by atoms with van der Waals surface area (Å²) in [5, 5.41) is 0. The van der Waals surface area contributed by atoms with Gasteiger partial charge in [0.05, 0.1) is 19.5 Å². The first-order valence-electron chi connectivity index (χ1n) is 4.96. The van der Waals surface area contributed by atoms with Crippen LogP contribution in [0.4, 0.5) is 0 Å². The summed E-state index contributed by atoms with van der Waals surface area (Å²) in [6.07, 6.45) is 10.7. The Balaban J connectivity index is 2.37. The molecule has 4 heteroatoms. The SMILES string of the molecule is C#Cc1cc2c(s1)-c1sc(C#C)cc1C(=O)C2=O. The Morgan fingerprint density at radius 3 is 1.56 bits per heavy atom.